The molecule has 1 unspecified atom stereocenters. The molecule has 0 bridgehead atoms. The number of rotatable bonds is 12. The molecule has 1 N–H and O–H groups in total. The lowest BCUT2D eigenvalue weighted by Gasteiger charge is -2.23. The number of tetrazole rings is 1. The van der Waals surface area contributed by atoms with Gasteiger partial charge in [-0.2, -0.15) is 5.21 Å². The summed E-state index contributed by atoms with van der Waals surface area (Å²) in [5.74, 6) is 1.33. The van der Waals surface area contributed by atoms with Crippen molar-refractivity contribution in [2.24, 2.45) is 10.4 Å². The predicted octanol–water partition coefficient (Wildman–Crippen LogP) is 6.71. The number of aromatic nitrogens is 6. The molecule has 2 heterocycles. The maximum Gasteiger partial charge on any atom is 0.246 e. The van der Waals surface area contributed by atoms with Crippen LogP contribution in [0.3, 0.4) is 0 Å². The molecule has 10 heteroatoms. The summed E-state index contributed by atoms with van der Waals surface area (Å²) in [7, 11) is 0. The van der Waals surface area contributed by atoms with Crippen LogP contribution in [0.4, 0.5) is 0 Å². The number of imidazole rings is 1. The number of hydrogen-bond acceptors (Lipinski definition) is 6. The number of aliphatic imine (C=N–C) groups is 1. The third-order valence-corrected chi connectivity index (χ3v) is 8.40. The molecule has 1 aliphatic carbocycles. The Balaban J connectivity index is 1.40. The van der Waals surface area contributed by atoms with E-state index in [0.29, 0.717) is 30.2 Å². The number of carbonyl (C=O) groups is 2. The highest BCUT2D eigenvalue weighted by atomic mass is 35.5. The second kappa shape index (κ2) is 13.4. The summed E-state index contributed by atoms with van der Waals surface area (Å²) in [6.45, 7) is 6.80. The van der Waals surface area contributed by atoms with E-state index >= 15 is 0 Å². The molecular formula is C33H36ClN7O2. The van der Waals surface area contributed by atoms with Crippen LogP contribution in [0.15, 0.2) is 53.5 Å². The Morgan fingerprint density at radius 3 is 2.65 bits per heavy atom. The molecule has 222 valence electrons. The zero-order valence-corrected chi connectivity index (χ0v) is 25.6. The molecule has 9 nitrogen and oxygen atoms in total. The van der Waals surface area contributed by atoms with Crippen LogP contribution < -0.4 is 0 Å². The zero-order valence-electron chi connectivity index (χ0n) is 24.8. The molecule has 43 heavy (non-hydrogen) atoms. The smallest absolute Gasteiger partial charge is 0.246 e. The molecule has 0 fully saturated rings. The lowest BCUT2D eigenvalue weighted by molar-refractivity contribution is -0.120. The summed E-state index contributed by atoms with van der Waals surface area (Å²) in [6, 6.07) is 14.1. The van der Waals surface area contributed by atoms with E-state index < -0.39 is 0 Å². The lowest BCUT2D eigenvalue weighted by atomic mass is 9.81. The molecule has 5 rings (SSSR count). The topological polar surface area (TPSA) is 119 Å². The molecule has 2 aromatic carbocycles. The van der Waals surface area contributed by atoms with Crippen molar-refractivity contribution in [2.45, 2.75) is 72.3 Å². The number of aldehydes is 1. The van der Waals surface area contributed by atoms with Gasteiger partial charge in [-0.1, -0.05) is 69.1 Å². The Hall–Kier alpha value is -4.24. The molecule has 4 aromatic rings. The van der Waals surface area contributed by atoms with Gasteiger partial charge in [-0.3, -0.25) is 4.79 Å². The minimum Gasteiger partial charge on any atom is -0.327 e. The molecule has 1 aliphatic rings. The van der Waals surface area contributed by atoms with Crippen molar-refractivity contribution in [3.8, 4) is 22.5 Å². The quantitative estimate of drug-likeness (QED) is 0.181. The fourth-order valence-corrected chi connectivity index (χ4v) is 5.55. The van der Waals surface area contributed by atoms with Crippen LogP contribution >= 0.6 is 11.6 Å². The van der Waals surface area contributed by atoms with Crippen LogP contribution in [0.25, 0.3) is 28.6 Å². The maximum absolute atomic E-state index is 12.9. The first-order valence-electron chi connectivity index (χ1n) is 14.8. The van der Waals surface area contributed by atoms with E-state index in [4.69, 9.17) is 16.6 Å². The molecular weight excluding hydrogens is 562 g/mol. The van der Waals surface area contributed by atoms with E-state index in [1.165, 1.54) is 0 Å². The van der Waals surface area contributed by atoms with Crippen molar-refractivity contribution in [3.63, 3.8) is 0 Å². The van der Waals surface area contributed by atoms with Crippen LogP contribution in [0, 0.1) is 5.41 Å². The van der Waals surface area contributed by atoms with Crippen LogP contribution in [0.5, 0.6) is 0 Å². The normalized spacial score (nSPS) is 14.9. The standard InChI is InChI=1S/C33H36ClN7O2/c1-4-6-7-30-36-28-15-13-25(35-31(43)20-33(3,5-2)16-17-42)19-29(28)41(30)21-22-8-10-23(11-9-22)26-14-12-24(34)18-27(26)32-37-39-40-38-32/h8-15,17-18H,4-7,16,19-21H2,1-3H3,(H,37,38,39,40). The molecule has 2 aromatic heterocycles. The highest BCUT2D eigenvalue weighted by molar-refractivity contribution is 6.31. The molecule has 0 saturated heterocycles. The molecule has 1 atom stereocenters. The fraction of sp³-hybridized carbons (Fsp3) is 0.364. The third kappa shape index (κ3) is 7.05. The van der Waals surface area contributed by atoms with Gasteiger partial charge in [-0.25, -0.2) is 9.98 Å². The second-order valence-corrected chi connectivity index (χ2v) is 11.8. The highest BCUT2D eigenvalue weighted by Crippen LogP contribution is 2.33. The average molecular weight is 598 g/mol. The number of amides is 1. The van der Waals surface area contributed by atoms with Gasteiger partial charge in [0.05, 0.1) is 17.1 Å². The zero-order chi connectivity index (χ0) is 30.4. The van der Waals surface area contributed by atoms with E-state index in [0.717, 1.165) is 77.1 Å². The van der Waals surface area contributed by atoms with Gasteiger partial charge in [0.15, 0.2) is 0 Å². The van der Waals surface area contributed by atoms with E-state index in [9.17, 15) is 9.59 Å². The number of hydrogen-bond donors (Lipinski definition) is 1. The summed E-state index contributed by atoms with van der Waals surface area (Å²) in [6.07, 6.45) is 9.61. The largest absolute Gasteiger partial charge is 0.327 e. The summed E-state index contributed by atoms with van der Waals surface area (Å²) in [5.41, 5.74) is 6.26. The van der Waals surface area contributed by atoms with Crippen molar-refractivity contribution >= 4 is 35.6 Å². The lowest BCUT2D eigenvalue weighted by Crippen LogP contribution is -2.21. The van der Waals surface area contributed by atoms with Crippen molar-refractivity contribution in [3.05, 3.63) is 76.3 Å². The van der Waals surface area contributed by atoms with E-state index in [2.05, 4.69) is 61.4 Å². The van der Waals surface area contributed by atoms with Crippen molar-refractivity contribution in [2.75, 3.05) is 0 Å². The first-order chi connectivity index (χ1) is 20.8. The van der Waals surface area contributed by atoms with Gasteiger partial charge >= 0.3 is 0 Å². The van der Waals surface area contributed by atoms with Crippen LogP contribution in [0.1, 0.15) is 75.7 Å². The van der Waals surface area contributed by atoms with E-state index in [1.807, 2.05) is 44.2 Å². The van der Waals surface area contributed by atoms with Crippen molar-refractivity contribution in [1.29, 1.82) is 0 Å². The van der Waals surface area contributed by atoms with Gasteiger partial charge in [0.25, 0.3) is 0 Å². The van der Waals surface area contributed by atoms with Crippen LogP contribution in [-0.4, -0.2) is 48.1 Å². The number of benzene rings is 2. The second-order valence-electron chi connectivity index (χ2n) is 11.4. The average Bonchev–Trinajstić information content (AvgIpc) is 3.65. The molecule has 1 amide bonds. The van der Waals surface area contributed by atoms with Gasteiger partial charge in [0, 0.05) is 42.8 Å². The predicted molar refractivity (Wildman–Crippen MR) is 169 cm³/mol. The number of nitrogens with one attached hydrogen (secondary N) is 1. The number of aromatic amines is 1. The minimum atomic E-state index is -0.369. The van der Waals surface area contributed by atoms with Gasteiger partial charge < -0.3 is 9.36 Å². The number of unbranched alkanes of at least 4 members (excludes halogenated alkanes) is 1. The van der Waals surface area contributed by atoms with Gasteiger partial charge in [-0.15, -0.1) is 10.2 Å². The summed E-state index contributed by atoms with van der Waals surface area (Å²) >= 11 is 6.28. The summed E-state index contributed by atoms with van der Waals surface area (Å²) in [5, 5.41) is 15.1. The minimum absolute atomic E-state index is 0.190. The molecule has 0 radical (unpaired) electrons. The van der Waals surface area contributed by atoms with Crippen molar-refractivity contribution < 1.29 is 9.59 Å². The molecule has 0 saturated carbocycles. The number of halogens is 1. The number of H-pyrrole nitrogens is 1. The maximum atomic E-state index is 12.9. The van der Waals surface area contributed by atoms with E-state index in [-0.39, 0.29) is 17.7 Å². The molecule has 0 spiro atoms. The van der Waals surface area contributed by atoms with Gasteiger partial charge in [0.2, 0.25) is 11.7 Å². The first kappa shape index (κ1) is 30.2. The first-order valence-corrected chi connectivity index (χ1v) is 15.1. The summed E-state index contributed by atoms with van der Waals surface area (Å²) < 4.78 is 2.28. The monoisotopic (exact) mass is 597 g/mol. The Labute approximate surface area is 256 Å². The Bertz CT molecular complexity index is 1660. The van der Waals surface area contributed by atoms with Crippen LogP contribution in [0.2, 0.25) is 5.02 Å². The van der Waals surface area contributed by atoms with Gasteiger partial charge in [0.1, 0.15) is 12.1 Å². The Kier molecular flexibility index (Phi) is 9.40. The fourth-order valence-electron chi connectivity index (χ4n) is 5.38. The number of carbonyl (C=O) groups excluding carboxylic acids is 2. The highest BCUT2D eigenvalue weighted by Gasteiger charge is 2.26. The SMILES string of the molecule is CCCCc1nc2c(n1Cc1ccc(-c3ccc(Cl)cc3-c3nn[nH]n3)cc1)CC(=NC(=O)CC(C)(CC)CC=O)C=C2. The molecule has 0 aliphatic heterocycles. The number of allylic oxidation sites excluding steroid dienone is 1. The number of fused-ring (bicyclic) bond motifs is 1. The van der Waals surface area contributed by atoms with Gasteiger partial charge in [-0.05, 0) is 64.4 Å². The van der Waals surface area contributed by atoms with Crippen molar-refractivity contribution in [1.82, 2.24) is 30.2 Å². The third-order valence-electron chi connectivity index (χ3n) is 8.17. The van der Waals surface area contributed by atoms with Crippen LogP contribution in [-0.2, 0) is 29.0 Å². The Morgan fingerprint density at radius 2 is 1.95 bits per heavy atom. The van der Waals surface area contributed by atoms with E-state index in [1.54, 1.807) is 0 Å². The number of nitrogens with zero attached hydrogens (tertiary/aromatic N) is 6. The summed E-state index contributed by atoms with van der Waals surface area (Å²) in [4.78, 5) is 33.4. The Morgan fingerprint density at radius 1 is 1.14 bits per heavy atom. The number of aryl methyl sites for hydroxylation is 1.